The zero-order chi connectivity index (χ0) is 16.1. The molecule has 6 nitrogen and oxygen atoms in total. The Morgan fingerprint density at radius 3 is 2.91 bits per heavy atom. The summed E-state index contributed by atoms with van der Waals surface area (Å²) in [5, 5.41) is 21.5. The van der Waals surface area contributed by atoms with E-state index in [2.05, 4.69) is 10.1 Å². The maximum atomic E-state index is 12.1. The molecule has 0 saturated carbocycles. The molecule has 0 aromatic rings. The lowest BCUT2D eigenvalue weighted by Crippen LogP contribution is -2.39. The number of rotatable bonds is 4. The zero-order valence-electron chi connectivity index (χ0n) is 12.0. The number of carbonyl (C=O) groups excluding carboxylic acids is 2. The van der Waals surface area contributed by atoms with Crippen molar-refractivity contribution in [2.24, 2.45) is 0 Å². The number of amides is 1. The SMILES string of the molecule is COC(=O)CSC1=C(C#N)C(=O)NC(C2=C(O)CCCC2)S1. The zero-order valence-corrected chi connectivity index (χ0v) is 13.7. The molecule has 118 valence electrons. The minimum Gasteiger partial charge on any atom is -0.512 e. The lowest BCUT2D eigenvalue weighted by atomic mass is 9.97. The summed E-state index contributed by atoms with van der Waals surface area (Å²) in [5.74, 6) is -0.529. The lowest BCUT2D eigenvalue weighted by molar-refractivity contribution is -0.137. The van der Waals surface area contributed by atoms with Crippen LogP contribution in [0.25, 0.3) is 0 Å². The van der Waals surface area contributed by atoms with E-state index < -0.39 is 11.9 Å². The molecule has 1 aliphatic carbocycles. The number of aliphatic hydroxyl groups excluding tert-OH is 1. The fourth-order valence-corrected chi connectivity index (χ4v) is 4.64. The Labute approximate surface area is 137 Å². The highest BCUT2D eigenvalue weighted by Gasteiger charge is 2.32. The maximum Gasteiger partial charge on any atom is 0.316 e. The molecule has 1 heterocycles. The number of methoxy groups -OCH3 is 1. The smallest absolute Gasteiger partial charge is 0.316 e. The molecule has 8 heteroatoms. The molecule has 1 unspecified atom stereocenters. The summed E-state index contributed by atoms with van der Waals surface area (Å²) in [7, 11) is 1.29. The van der Waals surface area contributed by atoms with Gasteiger partial charge in [0.2, 0.25) is 0 Å². The molecule has 0 fully saturated rings. The predicted molar refractivity (Wildman–Crippen MR) is 84.8 cm³/mol. The van der Waals surface area contributed by atoms with E-state index in [0.717, 1.165) is 36.6 Å². The van der Waals surface area contributed by atoms with Crippen molar-refractivity contribution in [3.63, 3.8) is 0 Å². The van der Waals surface area contributed by atoms with Crippen molar-refractivity contribution in [3.05, 3.63) is 21.1 Å². The van der Waals surface area contributed by atoms with Crippen molar-refractivity contribution >= 4 is 35.4 Å². The number of hydrogen-bond donors (Lipinski definition) is 2. The molecule has 22 heavy (non-hydrogen) atoms. The van der Waals surface area contributed by atoms with Crippen LogP contribution in [0, 0.1) is 11.3 Å². The van der Waals surface area contributed by atoms with Crippen LogP contribution >= 0.6 is 23.5 Å². The largest absolute Gasteiger partial charge is 0.512 e. The molecule has 2 N–H and O–H groups in total. The Morgan fingerprint density at radius 1 is 1.55 bits per heavy atom. The Kier molecular flexibility index (Phi) is 5.80. The molecule has 0 radical (unpaired) electrons. The summed E-state index contributed by atoms with van der Waals surface area (Å²) in [6.07, 6.45) is 3.23. The first-order chi connectivity index (χ1) is 10.6. The number of allylic oxidation sites excluding steroid dienone is 1. The summed E-state index contributed by atoms with van der Waals surface area (Å²) in [6.45, 7) is 0. The minimum absolute atomic E-state index is 0.00560. The number of ether oxygens (including phenoxy) is 1. The number of nitrogens with zero attached hydrogens (tertiary/aromatic N) is 1. The monoisotopic (exact) mass is 340 g/mol. The number of nitriles is 1. The Hall–Kier alpha value is -1.59. The van der Waals surface area contributed by atoms with Gasteiger partial charge < -0.3 is 15.2 Å². The number of aliphatic hydroxyl groups is 1. The molecule has 2 rings (SSSR count). The normalized spacial score (nSPS) is 22.2. The molecule has 0 saturated heterocycles. The lowest BCUT2D eigenvalue weighted by Gasteiger charge is -2.29. The van der Waals surface area contributed by atoms with Gasteiger partial charge in [-0.2, -0.15) is 5.26 Å². The average Bonchev–Trinajstić information content (AvgIpc) is 2.52. The third-order valence-electron chi connectivity index (χ3n) is 3.38. The molecule has 1 aliphatic heterocycles. The van der Waals surface area contributed by atoms with Gasteiger partial charge in [-0.15, -0.1) is 11.8 Å². The van der Waals surface area contributed by atoms with Gasteiger partial charge in [-0.3, -0.25) is 9.59 Å². The van der Waals surface area contributed by atoms with Gasteiger partial charge >= 0.3 is 5.97 Å². The Bertz CT molecular complexity index is 592. The van der Waals surface area contributed by atoms with Crippen LogP contribution < -0.4 is 5.32 Å². The second kappa shape index (κ2) is 7.61. The van der Waals surface area contributed by atoms with Crippen LogP contribution in [0.2, 0.25) is 0 Å². The summed E-state index contributed by atoms with van der Waals surface area (Å²) < 4.78 is 5.07. The van der Waals surface area contributed by atoms with E-state index in [0.29, 0.717) is 16.4 Å². The highest BCUT2D eigenvalue weighted by Crippen LogP contribution is 2.42. The van der Waals surface area contributed by atoms with Crippen molar-refractivity contribution in [2.45, 2.75) is 31.1 Å². The molecular weight excluding hydrogens is 324 g/mol. The van der Waals surface area contributed by atoms with Crippen molar-refractivity contribution in [1.82, 2.24) is 5.32 Å². The summed E-state index contributed by atoms with van der Waals surface area (Å²) >= 11 is 2.41. The first-order valence-corrected chi connectivity index (χ1v) is 8.65. The van der Waals surface area contributed by atoms with Crippen LogP contribution in [0.15, 0.2) is 21.1 Å². The topological polar surface area (TPSA) is 99.4 Å². The molecule has 0 aromatic heterocycles. The van der Waals surface area contributed by atoms with Crippen molar-refractivity contribution in [1.29, 1.82) is 5.26 Å². The minimum atomic E-state index is -0.468. The third-order valence-corrected chi connectivity index (χ3v) is 5.92. The van der Waals surface area contributed by atoms with Gasteiger partial charge in [-0.05, 0) is 19.3 Å². The first kappa shape index (κ1) is 16.8. The van der Waals surface area contributed by atoms with Gasteiger partial charge in [0.15, 0.2) is 0 Å². The van der Waals surface area contributed by atoms with Crippen LogP contribution in [0.5, 0.6) is 0 Å². The van der Waals surface area contributed by atoms with E-state index in [1.807, 2.05) is 6.07 Å². The van der Waals surface area contributed by atoms with Crippen LogP contribution in [0.4, 0.5) is 0 Å². The quantitative estimate of drug-likeness (QED) is 0.757. The summed E-state index contributed by atoms with van der Waals surface area (Å²) in [4.78, 5) is 23.3. The van der Waals surface area contributed by atoms with Crippen LogP contribution in [-0.4, -0.2) is 35.2 Å². The van der Waals surface area contributed by atoms with E-state index in [-0.39, 0.29) is 16.7 Å². The van der Waals surface area contributed by atoms with Crippen molar-refractivity contribution in [2.75, 3.05) is 12.9 Å². The van der Waals surface area contributed by atoms with Gasteiger partial charge in [-0.25, -0.2) is 0 Å². The average molecular weight is 340 g/mol. The number of nitrogens with one attached hydrogen (secondary N) is 1. The molecule has 0 spiro atoms. The summed E-state index contributed by atoms with van der Waals surface area (Å²) in [6, 6.07) is 1.88. The number of thioether (sulfide) groups is 2. The van der Waals surface area contributed by atoms with Gasteiger partial charge in [-0.1, -0.05) is 11.8 Å². The maximum absolute atomic E-state index is 12.1. The highest BCUT2D eigenvalue weighted by molar-refractivity contribution is 8.23. The number of carbonyl (C=O) groups is 2. The van der Waals surface area contributed by atoms with Crippen molar-refractivity contribution < 1.29 is 19.4 Å². The van der Waals surface area contributed by atoms with E-state index in [1.165, 1.54) is 18.9 Å². The molecule has 2 aliphatic rings. The second-order valence-corrected chi connectivity index (χ2v) is 7.15. The van der Waals surface area contributed by atoms with Gasteiger partial charge in [0.05, 0.1) is 22.9 Å². The first-order valence-electron chi connectivity index (χ1n) is 6.79. The van der Waals surface area contributed by atoms with Crippen molar-refractivity contribution in [3.8, 4) is 6.07 Å². The third kappa shape index (κ3) is 3.78. The van der Waals surface area contributed by atoms with Gasteiger partial charge in [0.25, 0.3) is 5.91 Å². The molecule has 1 amide bonds. The standard InChI is InChI=1S/C14H16N2O4S2/c1-20-11(18)7-21-14-9(6-15)12(19)16-13(22-14)8-4-2-3-5-10(8)17/h13,17H,2-5,7H2,1H3,(H,16,19). The molecule has 1 atom stereocenters. The predicted octanol–water partition coefficient (Wildman–Crippen LogP) is 2.20. The van der Waals surface area contributed by atoms with E-state index >= 15 is 0 Å². The summed E-state index contributed by atoms with van der Waals surface area (Å²) in [5.41, 5.74) is 0.809. The molecule has 0 aromatic carbocycles. The van der Waals surface area contributed by atoms with E-state index in [9.17, 15) is 14.7 Å². The van der Waals surface area contributed by atoms with Crippen LogP contribution in [0.1, 0.15) is 25.7 Å². The van der Waals surface area contributed by atoms with E-state index in [4.69, 9.17) is 5.26 Å². The second-order valence-electron chi connectivity index (χ2n) is 4.79. The fraction of sp³-hybridized carbons (Fsp3) is 0.500. The number of hydrogen-bond acceptors (Lipinski definition) is 7. The van der Waals surface area contributed by atoms with Crippen LogP contribution in [0.3, 0.4) is 0 Å². The Morgan fingerprint density at radius 2 is 2.27 bits per heavy atom. The van der Waals surface area contributed by atoms with Gasteiger partial charge in [0.1, 0.15) is 17.0 Å². The van der Waals surface area contributed by atoms with E-state index in [1.54, 1.807) is 0 Å². The fourth-order valence-electron chi connectivity index (χ4n) is 2.22. The number of esters is 1. The molecular formula is C14H16N2O4S2. The molecule has 0 bridgehead atoms. The van der Waals surface area contributed by atoms with Crippen LogP contribution in [-0.2, 0) is 14.3 Å². The Balaban J connectivity index is 2.20. The highest BCUT2D eigenvalue weighted by atomic mass is 32.2. The van der Waals surface area contributed by atoms with Gasteiger partial charge in [0, 0.05) is 12.0 Å².